The maximum Gasteiger partial charge on any atom is 0.186 e. The van der Waals surface area contributed by atoms with Crippen molar-refractivity contribution in [3.05, 3.63) is 58.8 Å². The van der Waals surface area contributed by atoms with Crippen molar-refractivity contribution in [1.82, 2.24) is 4.90 Å². The molecular formula is C20H24N2OS. The third kappa shape index (κ3) is 3.44. The number of Topliss-reactive ketones (excluding diaryl/α,β-unsaturated/α-hetero) is 1. The number of nitrogens with zero attached hydrogens (tertiary/aromatic N) is 2. The first-order chi connectivity index (χ1) is 11.6. The molecular weight excluding hydrogens is 316 g/mol. The number of benzene rings is 1. The van der Waals surface area contributed by atoms with Crippen molar-refractivity contribution in [1.29, 1.82) is 0 Å². The number of carbonyl (C=O) groups is 1. The van der Waals surface area contributed by atoms with Gasteiger partial charge in [-0.05, 0) is 50.0 Å². The van der Waals surface area contributed by atoms with Crippen molar-refractivity contribution in [2.45, 2.75) is 31.1 Å². The summed E-state index contributed by atoms with van der Waals surface area (Å²) in [5.74, 6) is 0.204. The lowest BCUT2D eigenvalue weighted by Crippen LogP contribution is -2.17. The highest BCUT2D eigenvalue weighted by Crippen LogP contribution is 2.45. The molecule has 1 aromatic carbocycles. The van der Waals surface area contributed by atoms with Crippen molar-refractivity contribution < 1.29 is 4.79 Å². The lowest BCUT2D eigenvalue weighted by molar-refractivity contribution is -0.113. The van der Waals surface area contributed by atoms with Crippen LogP contribution >= 0.6 is 11.8 Å². The summed E-state index contributed by atoms with van der Waals surface area (Å²) in [7, 11) is 3.93. The summed E-state index contributed by atoms with van der Waals surface area (Å²) in [6.45, 7) is 3.09. The van der Waals surface area contributed by atoms with E-state index in [1.807, 2.05) is 31.3 Å². The Kier molecular flexibility index (Phi) is 5.14. The van der Waals surface area contributed by atoms with Gasteiger partial charge in [0.2, 0.25) is 0 Å². The summed E-state index contributed by atoms with van der Waals surface area (Å²) >= 11 is 1.78. The summed E-state index contributed by atoms with van der Waals surface area (Å²) in [6, 6.07) is 8.46. The first-order valence-electron chi connectivity index (χ1n) is 8.47. The molecule has 0 spiro atoms. The van der Waals surface area contributed by atoms with Crippen LogP contribution in [0.5, 0.6) is 0 Å². The smallest absolute Gasteiger partial charge is 0.186 e. The van der Waals surface area contributed by atoms with Gasteiger partial charge >= 0.3 is 0 Å². The largest absolute Gasteiger partial charge is 0.383 e. The summed E-state index contributed by atoms with van der Waals surface area (Å²) in [4.78, 5) is 18.2. The van der Waals surface area contributed by atoms with Gasteiger partial charge in [0.15, 0.2) is 5.78 Å². The zero-order valence-electron chi connectivity index (χ0n) is 14.6. The molecule has 126 valence electrons. The number of hydrogen-bond acceptors (Lipinski definition) is 4. The van der Waals surface area contributed by atoms with Crippen LogP contribution < -0.4 is 4.90 Å². The third-order valence-corrected chi connectivity index (χ3v) is 5.40. The standard InChI is InChI=1S/C20H24N2OS/c1-4-22-17-10-5-6-11-18(17)24-19(22)13-12-15-8-7-9-16(20(15)23)14-21(2)3/h5-6,10-14H,4,7-9H2,1-3H3. The quantitative estimate of drug-likeness (QED) is 0.751. The molecule has 1 aromatic rings. The average Bonchev–Trinajstić information content (AvgIpc) is 2.92. The van der Waals surface area contributed by atoms with E-state index >= 15 is 0 Å². The Bertz CT molecular complexity index is 731. The molecule has 3 nitrogen and oxygen atoms in total. The lowest BCUT2D eigenvalue weighted by Gasteiger charge is -2.19. The molecule has 0 saturated heterocycles. The fourth-order valence-electron chi connectivity index (χ4n) is 3.17. The lowest BCUT2D eigenvalue weighted by atomic mass is 9.89. The minimum Gasteiger partial charge on any atom is -0.383 e. The highest BCUT2D eigenvalue weighted by molar-refractivity contribution is 8.03. The second kappa shape index (κ2) is 7.31. The van der Waals surface area contributed by atoms with Crippen LogP contribution in [0.15, 0.2) is 63.7 Å². The molecule has 0 aromatic heterocycles. The van der Waals surface area contributed by atoms with Crippen molar-refractivity contribution >= 4 is 23.2 Å². The van der Waals surface area contributed by atoms with E-state index in [2.05, 4.69) is 42.2 Å². The topological polar surface area (TPSA) is 23.6 Å². The van der Waals surface area contributed by atoms with E-state index in [0.717, 1.165) is 37.0 Å². The van der Waals surface area contributed by atoms with Crippen LogP contribution in [0.4, 0.5) is 5.69 Å². The molecule has 2 aliphatic rings. The molecule has 1 fully saturated rings. The molecule has 0 atom stereocenters. The van der Waals surface area contributed by atoms with Gasteiger partial charge in [0.1, 0.15) is 0 Å². The SMILES string of the molecule is CCN1C(=CC=C2CCCC(=CN(C)C)C2=O)Sc2ccccc21. The van der Waals surface area contributed by atoms with Gasteiger partial charge in [-0.25, -0.2) is 0 Å². The van der Waals surface area contributed by atoms with Gasteiger partial charge in [-0.3, -0.25) is 4.79 Å². The van der Waals surface area contributed by atoms with Gasteiger partial charge in [0, 0.05) is 37.3 Å². The average molecular weight is 340 g/mol. The second-order valence-corrected chi connectivity index (χ2v) is 7.37. The fourth-order valence-corrected chi connectivity index (χ4v) is 4.30. The number of allylic oxidation sites excluding steroid dienone is 4. The predicted molar refractivity (Wildman–Crippen MR) is 102 cm³/mol. The number of carbonyl (C=O) groups excluding carboxylic acids is 1. The summed E-state index contributed by atoms with van der Waals surface area (Å²) in [6.07, 6.45) is 8.90. The van der Waals surface area contributed by atoms with Crippen molar-refractivity contribution in [2.75, 3.05) is 25.5 Å². The van der Waals surface area contributed by atoms with Crippen molar-refractivity contribution in [3.8, 4) is 0 Å². The highest BCUT2D eigenvalue weighted by atomic mass is 32.2. The fraction of sp³-hybridized carbons (Fsp3) is 0.350. The number of thioether (sulfide) groups is 1. The number of ketones is 1. The van der Waals surface area contributed by atoms with Gasteiger partial charge in [-0.2, -0.15) is 0 Å². The molecule has 0 N–H and O–H groups in total. The van der Waals surface area contributed by atoms with Gasteiger partial charge in [0.25, 0.3) is 0 Å². The maximum atomic E-state index is 12.6. The minimum absolute atomic E-state index is 0.204. The number of rotatable bonds is 3. The molecule has 1 aliphatic heterocycles. The van der Waals surface area contributed by atoms with Crippen LogP contribution in [0.25, 0.3) is 0 Å². The van der Waals surface area contributed by atoms with Gasteiger partial charge in [-0.15, -0.1) is 0 Å². The Labute approximate surface area is 148 Å². The molecule has 4 heteroatoms. The predicted octanol–water partition coefficient (Wildman–Crippen LogP) is 4.58. The highest BCUT2D eigenvalue weighted by Gasteiger charge is 2.24. The molecule has 0 bridgehead atoms. The Balaban J connectivity index is 1.84. The van der Waals surface area contributed by atoms with Crippen molar-refractivity contribution in [2.24, 2.45) is 0 Å². The van der Waals surface area contributed by atoms with Crippen LogP contribution in [0.2, 0.25) is 0 Å². The van der Waals surface area contributed by atoms with Gasteiger partial charge in [0.05, 0.1) is 10.7 Å². The summed E-state index contributed by atoms with van der Waals surface area (Å²) < 4.78 is 0. The summed E-state index contributed by atoms with van der Waals surface area (Å²) in [5.41, 5.74) is 3.11. The minimum atomic E-state index is 0.204. The van der Waals surface area contributed by atoms with E-state index in [4.69, 9.17) is 0 Å². The van der Waals surface area contributed by atoms with Crippen LogP contribution in [0.1, 0.15) is 26.2 Å². The van der Waals surface area contributed by atoms with Crippen molar-refractivity contribution in [3.63, 3.8) is 0 Å². The molecule has 1 heterocycles. The molecule has 3 rings (SSSR count). The van der Waals surface area contributed by atoms with Gasteiger partial charge < -0.3 is 9.80 Å². The first kappa shape index (κ1) is 16.9. The number of para-hydroxylation sites is 1. The van der Waals surface area contributed by atoms with E-state index in [1.165, 1.54) is 15.6 Å². The Morgan fingerprint density at radius 3 is 2.67 bits per heavy atom. The molecule has 24 heavy (non-hydrogen) atoms. The van der Waals surface area contributed by atoms with E-state index in [9.17, 15) is 4.79 Å². The van der Waals surface area contributed by atoms with Crippen LogP contribution in [-0.4, -0.2) is 31.3 Å². The molecule has 1 saturated carbocycles. The van der Waals surface area contributed by atoms with Gasteiger partial charge in [-0.1, -0.05) is 30.0 Å². The number of anilines is 1. The zero-order chi connectivity index (χ0) is 17.1. The van der Waals surface area contributed by atoms with E-state index < -0.39 is 0 Å². The third-order valence-electron chi connectivity index (χ3n) is 4.27. The van der Waals surface area contributed by atoms with Crippen LogP contribution in [-0.2, 0) is 4.79 Å². The zero-order valence-corrected chi connectivity index (χ0v) is 15.4. The molecule has 0 radical (unpaired) electrons. The number of fused-ring (bicyclic) bond motifs is 1. The summed E-state index contributed by atoms with van der Waals surface area (Å²) in [5, 5.41) is 1.20. The molecule has 0 amide bonds. The van der Waals surface area contributed by atoms with E-state index in [1.54, 1.807) is 11.8 Å². The number of hydrogen-bond donors (Lipinski definition) is 0. The van der Waals surface area contributed by atoms with E-state index in [0.29, 0.717) is 0 Å². The molecule has 1 aliphatic carbocycles. The Morgan fingerprint density at radius 1 is 1.17 bits per heavy atom. The maximum absolute atomic E-state index is 12.6. The first-order valence-corrected chi connectivity index (χ1v) is 9.29. The monoisotopic (exact) mass is 340 g/mol. The Hall–Kier alpha value is -1.94. The normalized spacial score (nSPS) is 22.5. The Morgan fingerprint density at radius 2 is 1.92 bits per heavy atom. The second-order valence-electron chi connectivity index (χ2n) is 6.31. The van der Waals surface area contributed by atoms with Crippen LogP contribution in [0.3, 0.4) is 0 Å². The molecule has 0 unspecified atom stereocenters. The van der Waals surface area contributed by atoms with E-state index in [-0.39, 0.29) is 5.78 Å². The van der Waals surface area contributed by atoms with Crippen LogP contribution in [0, 0.1) is 0 Å².